The Labute approximate surface area is 391 Å². The zero-order valence-electron chi connectivity index (χ0n) is 36.9. The lowest BCUT2D eigenvalue weighted by Crippen LogP contribution is -2.33. The minimum absolute atomic E-state index is 0.599. The van der Waals surface area contributed by atoms with Crippen molar-refractivity contribution in [2.45, 2.75) is 10.8 Å². The molecule has 0 spiro atoms. The van der Waals surface area contributed by atoms with Gasteiger partial charge in [0.25, 0.3) is 0 Å². The van der Waals surface area contributed by atoms with E-state index in [-0.39, 0.29) is 0 Å². The standard InChI is InChI=1S/C66H45N/c1-6-23-49(24-7-1)65(50-25-8-2-9-26-50,51-27-10-3-11-28-51)54-39-41-57-56-40-37-48(44-60(56)66(61(57)45-54,52-29-12-4-13-30-52)53-31-14-5-15-32-53)47-38-42-64-59(43-47)58-34-18-19-35-63(58)67(64)62-36-20-22-46-21-16-17-33-55(46)62/h1-45H. The van der Waals surface area contributed by atoms with Crippen LogP contribution in [-0.2, 0) is 10.8 Å². The van der Waals surface area contributed by atoms with Crippen LogP contribution in [0, 0.1) is 0 Å². The highest BCUT2D eigenvalue weighted by Crippen LogP contribution is 2.58. The summed E-state index contributed by atoms with van der Waals surface area (Å²) in [6.07, 6.45) is 0. The molecule has 0 radical (unpaired) electrons. The van der Waals surface area contributed by atoms with Gasteiger partial charge in [-0.25, -0.2) is 0 Å². The molecule has 0 unspecified atom stereocenters. The topological polar surface area (TPSA) is 4.93 Å². The van der Waals surface area contributed by atoms with Gasteiger partial charge in [-0.3, -0.25) is 0 Å². The lowest BCUT2D eigenvalue weighted by atomic mass is 9.63. The van der Waals surface area contributed by atoms with Crippen LogP contribution in [0.25, 0.3) is 60.5 Å². The molecule has 1 aromatic heterocycles. The highest BCUT2D eigenvalue weighted by atomic mass is 15.0. The molecular weight excluding hydrogens is 807 g/mol. The van der Waals surface area contributed by atoms with Gasteiger partial charge in [0, 0.05) is 16.2 Å². The van der Waals surface area contributed by atoms with Crippen molar-refractivity contribution in [3.05, 3.63) is 317 Å². The molecule has 1 nitrogen and oxygen atoms in total. The first-order chi connectivity index (χ1) is 33.2. The van der Waals surface area contributed by atoms with Gasteiger partial charge in [0.05, 0.1) is 27.6 Å². The normalized spacial score (nSPS) is 12.9. The molecule has 0 saturated carbocycles. The number of para-hydroxylation sites is 1. The summed E-state index contributed by atoms with van der Waals surface area (Å²) in [7, 11) is 0. The molecule has 1 aliphatic carbocycles. The average molecular weight is 852 g/mol. The van der Waals surface area contributed by atoms with Crippen molar-refractivity contribution in [2.75, 3.05) is 0 Å². The number of aromatic nitrogens is 1. The summed E-state index contributed by atoms with van der Waals surface area (Å²) in [5.74, 6) is 0. The second-order valence-corrected chi connectivity index (χ2v) is 17.9. The highest BCUT2D eigenvalue weighted by molar-refractivity contribution is 6.11. The summed E-state index contributed by atoms with van der Waals surface area (Å²) in [6.45, 7) is 0. The van der Waals surface area contributed by atoms with E-state index in [0.29, 0.717) is 0 Å². The fraction of sp³-hybridized carbons (Fsp3) is 0.0303. The average Bonchev–Trinajstić information content (AvgIpc) is 3.90. The molecule has 11 aromatic carbocycles. The molecule has 1 aliphatic rings. The Hall–Kier alpha value is -8.52. The number of hydrogen-bond acceptors (Lipinski definition) is 0. The van der Waals surface area contributed by atoms with E-state index in [1.54, 1.807) is 0 Å². The molecule has 0 aliphatic heterocycles. The zero-order valence-corrected chi connectivity index (χ0v) is 36.9. The predicted molar refractivity (Wildman–Crippen MR) is 279 cm³/mol. The lowest BCUT2D eigenvalue weighted by Gasteiger charge is -2.39. The van der Waals surface area contributed by atoms with Gasteiger partial charge >= 0.3 is 0 Å². The van der Waals surface area contributed by atoms with E-state index in [2.05, 4.69) is 278 Å². The number of rotatable bonds is 8. The maximum absolute atomic E-state index is 2.55. The number of fused-ring (bicyclic) bond motifs is 7. The second kappa shape index (κ2) is 15.6. The van der Waals surface area contributed by atoms with Gasteiger partial charge in [-0.1, -0.05) is 243 Å². The Morgan fingerprint density at radius 1 is 0.299 bits per heavy atom. The number of hydrogen-bond donors (Lipinski definition) is 0. The van der Waals surface area contributed by atoms with Crippen LogP contribution < -0.4 is 0 Å². The summed E-state index contributed by atoms with van der Waals surface area (Å²) in [5.41, 5.74) is 17.3. The molecule has 0 fully saturated rings. The van der Waals surface area contributed by atoms with Gasteiger partial charge in [-0.15, -0.1) is 0 Å². The third-order valence-electron chi connectivity index (χ3n) is 14.6. The first kappa shape index (κ1) is 38.9. The first-order valence-electron chi connectivity index (χ1n) is 23.3. The molecular formula is C66H45N. The SMILES string of the molecule is c1ccc(C(c2ccccc2)(c2ccccc2)c2ccc3c(c2)C(c2ccccc2)(c2ccccc2)c2cc(-c4ccc5c(c4)c4ccccc4n5-c4cccc5ccccc45)ccc2-3)cc1. The van der Waals surface area contributed by atoms with Crippen molar-refractivity contribution in [3.63, 3.8) is 0 Å². The van der Waals surface area contributed by atoms with E-state index in [0.717, 1.165) is 0 Å². The zero-order chi connectivity index (χ0) is 44.4. The van der Waals surface area contributed by atoms with E-state index in [1.807, 2.05) is 0 Å². The van der Waals surface area contributed by atoms with Gasteiger partial charge in [-0.2, -0.15) is 0 Å². The molecule has 0 atom stereocenters. The molecule has 1 heteroatoms. The molecule has 0 bridgehead atoms. The van der Waals surface area contributed by atoms with Gasteiger partial charge in [0.2, 0.25) is 0 Å². The van der Waals surface area contributed by atoms with Crippen LogP contribution in [0.1, 0.15) is 44.5 Å². The van der Waals surface area contributed by atoms with E-state index in [4.69, 9.17) is 0 Å². The first-order valence-corrected chi connectivity index (χ1v) is 23.3. The van der Waals surface area contributed by atoms with Crippen LogP contribution in [0.4, 0.5) is 0 Å². The number of nitrogens with zero attached hydrogens (tertiary/aromatic N) is 1. The monoisotopic (exact) mass is 851 g/mol. The molecule has 0 saturated heterocycles. The second-order valence-electron chi connectivity index (χ2n) is 17.9. The maximum Gasteiger partial charge on any atom is 0.0713 e. The van der Waals surface area contributed by atoms with E-state index in [1.165, 1.54) is 105 Å². The smallest absolute Gasteiger partial charge is 0.0713 e. The Balaban J connectivity index is 1.07. The van der Waals surface area contributed by atoms with Crippen LogP contribution in [-0.4, -0.2) is 4.57 Å². The lowest BCUT2D eigenvalue weighted by molar-refractivity contribution is 0.729. The fourth-order valence-electron chi connectivity index (χ4n) is 11.8. The predicted octanol–water partition coefficient (Wildman–Crippen LogP) is 16.3. The van der Waals surface area contributed by atoms with Crippen molar-refractivity contribution in [1.82, 2.24) is 4.57 Å². The largest absolute Gasteiger partial charge is 0.309 e. The van der Waals surface area contributed by atoms with Gasteiger partial charge in [-0.05, 0) is 102 Å². The van der Waals surface area contributed by atoms with Crippen LogP contribution in [0.15, 0.2) is 273 Å². The summed E-state index contributed by atoms with van der Waals surface area (Å²) >= 11 is 0. The molecule has 13 rings (SSSR count). The van der Waals surface area contributed by atoms with Gasteiger partial charge < -0.3 is 4.57 Å². The molecule has 0 N–H and O–H groups in total. The Bertz CT molecular complexity index is 3630. The summed E-state index contributed by atoms with van der Waals surface area (Å²) < 4.78 is 2.45. The van der Waals surface area contributed by atoms with Crippen molar-refractivity contribution in [2.24, 2.45) is 0 Å². The van der Waals surface area contributed by atoms with Crippen LogP contribution >= 0.6 is 0 Å². The Morgan fingerprint density at radius 2 is 0.761 bits per heavy atom. The van der Waals surface area contributed by atoms with Crippen molar-refractivity contribution in [3.8, 4) is 27.9 Å². The van der Waals surface area contributed by atoms with Gasteiger partial charge in [0.1, 0.15) is 0 Å². The summed E-state index contributed by atoms with van der Waals surface area (Å²) in [4.78, 5) is 0. The third kappa shape index (κ3) is 5.81. The minimum Gasteiger partial charge on any atom is -0.309 e. The fourth-order valence-corrected chi connectivity index (χ4v) is 11.8. The molecule has 67 heavy (non-hydrogen) atoms. The maximum atomic E-state index is 2.55. The van der Waals surface area contributed by atoms with E-state index < -0.39 is 10.8 Å². The van der Waals surface area contributed by atoms with Gasteiger partial charge in [0.15, 0.2) is 0 Å². The molecule has 0 amide bonds. The third-order valence-corrected chi connectivity index (χ3v) is 14.6. The van der Waals surface area contributed by atoms with E-state index >= 15 is 0 Å². The Kier molecular flexibility index (Phi) is 9.05. The molecule has 314 valence electrons. The molecule has 12 aromatic rings. The number of benzene rings is 11. The van der Waals surface area contributed by atoms with Crippen LogP contribution in [0.3, 0.4) is 0 Å². The summed E-state index contributed by atoms with van der Waals surface area (Å²) in [5, 5.41) is 4.96. The van der Waals surface area contributed by atoms with Crippen LogP contribution in [0.5, 0.6) is 0 Å². The van der Waals surface area contributed by atoms with Crippen LogP contribution in [0.2, 0.25) is 0 Å². The Morgan fingerprint density at radius 3 is 1.39 bits per heavy atom. The summed E-state index contributed by atoms with van der Waals surface area (Å²) in [6, 6.07) is 101. The van der Waals surface area contributed by atoms with Crippen molar-refractivity contribution in [1.29, 1.82) is 0 Å². The minimum atomic E-state index is -0.622. The quantitative estimate of drug-likeness (QED) is 0.134. The molecule has 1 heterocycles. The van der Waals surface area contributed by atoms with E-state index in [9.17, 15) is 0 Å². The highest BCUT2D eigenvalue weighted by Gasteiger charge is 2.48. The van der Waals surface area contributed by atoms with Crippen molar-refractivity contribution >= 4 is 32.6 Å². The van der Waals surface area contributed by atoms with Crippen molar-refractivity contribution < 1.29 is 0 Å².